The molecule has 2 fully saturated rings. The molecule has 0 spiro atoms. The fraction of sp³-hybridized carbons (Fsp3) is 0.714. The molecule has 3 rings (SSSR count). The van der Waals surface area contributed by atoms with Crippen LogP contribution in [0.15, 0.2) is 0 Å². The zero-order valence-corrected chi connectivity index (χ0v) is 11.0. The first-order valence-corrected chi connectivity index (χ1v) is 6.72. The third-order valence-corrected chi connectivity index (χ3v) is 4.02. The molecule has 2 aliphatic rings. The van der Waals surface area contributed by atoms with E-state index in [1.807, 2.05) is 0 Å². The van der Waals surface area contributed by atoms with E-state index in [0.717, 1.165) is 24.3 Å². The topological polar surface area (TPSA) is 37.8 Å². The van der Waals surface area contributed by atoms with Gasteiger partial charge < -0.3 is 5.32 Å². The van der Waals surface area contributed by atoms with Crippen LogP contribution in [0.1, 0.15) is 54.9 Å². The number of hydrogen-bond acceptors (Lipinski definition) is 3. The van der Waals surface area contributed by atoms with E-state index in [-0.39, 0.29) is 0 Å². The molecule has 1 heterocycles. The summed E-state index contributed by atoms with van der Waals surface area (Å²) in [5, 5.41) is 3.55. The van der Waals surface area contributed by atoms with Gasteiger partial charge in [-0.15, -0.1) is 0 Å². The van der Waals surface area contributed by atoms with Crippen LogP contribution in [-0.2, 0) is 6.54 Å². The van der Waals surface area contributed by atoms with Crippen molar-refractivity contribution in [2.24, 2.45) is 5.92 Å². The molecule has 3 heteroatoms. The van der Waals surface area contributed by atoms with Crippen molar-refractivity contribution in [3.63, 3.8) is 0 Å². The Morgan fingerprint density at radius 1 is 1.18 bits per heavy atom. The molecule has 0 bridgehead atoms. The summed E-state index contributed by atoms with van der Waals surface area (Å²) in [6.45, 7) is 7.45. The monoisotopic (exact) mass is 231 g/mol. The van der Waals surface area contributed by atoms with E-state index in [9.17, 15) is 0 Å². The lowest BCUT2D eigenvalue weighted by atomic mass is 10.1. The van der Waals surface area contributed by atoms with Crippen LogP contribution in [0.4, 0.5) is 0 Å². The molecule has 0 amide bonds. The van der Waals surface area contributed by atoms with Gasteiger partial charge in [-0.1, -0.05) is 6.92 Å². The van der Waals surface area contributed by atoms with E-state index >= 15 is 0 Å². The summed E-state index contributed by atoms with van der Waals surface area (Å²) in [5.74, 6) is 2.48. The summed E-state index contributed by atoms with van der Waals surface area (Å²) in [5.41, 5.74) is 3.63. The van der Waals surface area contributed by atoms with Crippen molar-refractivity contribution in [3.8, 4) is 0 Å². The van der Waals surface area contributed by atoms with Gasteiger partial charge in [0.1, 0.15) is 5.82 Å². The van der Waals surface area contributed by atoms with Crippen molar-refractivity contribution in [3.05, 3.63) is 22.8 Å². The maximum atomic E-state index is 4.69. The molecule has 3 nitrogen and oxygen atoms in total. The van der Waals surface area contributed by atoms with Crippen molar-refractivity contribution >= 4 is 0 Å². The van der Waals surface area contributed by atoms with Gasteiger partial charge in [-0.25, -0.2) is 9.97 Å². The number of nitrogens with one attached hydrogen (secondary N) is 1. The smallest absolute Gasteiger partial charge is 0.132 e. The predicted molar refractivity (Wildman–Crippen MR) is 67.9 cm³/mol. The molecule has 1 N–H and O–H groups in total. The molecule has 0 aliphatic heterocycles. The maximum Gasteiger partial charge on any atom is 0.132 e. The quantitative estimate of drug-likeness (QED) is 0.865. The Morgan fingerprint density at radius 2 is 1.76 bits per heavy atom. The van der Waals surface area contributed by atoms with Crippen LogP contribution in [0, 0.1) is 19.8 Å². The minimum absolute atomic E-state index is 0.623. The normalized spacial score (nSPS) is 27.2. The zero-order valence-electron chi connectivity index (χ0n) is 11.0. The minimum Gasteiger partial charge on any atom is -0.310 e. The van der Waals surface area contributed by atoms with E-state index in [2.05, 4.69) is 26.1 Å². The van der Waals surface area contributed by atoms with E-state index < -0.39 is 0 Å². The van der Waals surface area contributed by atoms with Gasteiger partial charge in [-0.2, -0.15) is 0 Å². The molecule has 2 saturated carbocycles. The minimum atomic E-state index is 0.623. The van der Waals surface area contributed by atoms with Crippen LogP contribution >= 0.6 is 0 Å². The van der Waals surface area contributed by atoms with Gasteiger partial charge >= 0.3 is 0 Å². The van der Waals surface area contributed by atoms with Gasteiger partial charge in [0, 0.05) is 35.5 Å². The highest BCUT2D eigenvalue weighted by molar-refractivity contribution is 5.26. The third kappa shape index (κ3) is 2.34. The Bertz CT molecular complexity index is 414. The van der Waals surface area contributed by atoms with Gasteiger partial charge in [0.2, 0.25) is 0 Å². The Hall–Kier alpha value is -0.960. The Balaban J connectivity index is 1.78. The van der Waals surface area contributed by atoms with Gasteiger partial charge in [0.25, 0.3) is 0 Å². The Morgan fingerprint density at radius 3 is 2.24 bits per heavy atom. The summed E-state index contributed by atoms with van der Waals surface area (Å²) in [4.78, 5) is 9.39. The lowest BCUT2D eigenvalue weighted by Crippen LogP contribution is -2.18. The molecule has 2 aliphatic carbocycles. The summed E-state index contributed by atoms with van der Waals surface area (Å²) in [6, 6.07) is 0.747. The highest BCUT2D eigenvalue weighted by atomic mass is 15.0. The summed E-state index contributed by atoms with van der Waals surface area (Å²) in [7, 11) is 0. The zero-order chi connectivity index (χ0) is 12.0. The third-order valence-electron chi connectivity index (χ3n) is 4.02. The van der Waals surface area contributed by atoms with E-state index in [4.69, 9.17) is 9.97 Å². The first-order chi connectivity index (χ1) is 8.15. The van der Waals surface area contributed by atoms with Gasteiger partial charge in [-0.3, -0.25) is 0 Å². The summed E-state index contributed by atoms with van der Waals surface area (Å²) >= 11 is 0. The highest BCUT2D eigenvalue weighted by Crippen LogP contribution is 2.45. The number of aryl methyl sites for hydroxylation is 2. The van der Waals surface area contributed by atoms with Gasteiger partial charge in [-0.05, 0) is 39.0 Å². The first kappa shape index (κ1) is 11.1. The lowest BCUT2D eigenvalue weighted by Gasteiger charge is -2.11. The van der Waals surface area contributed by atoms with Crippen LogP contribution in [0.3, 0.4) is 0 Å². The van der Waals surface area contributed by atoms with Crippen molar-refractivity contribution in [2.45, 2.75) is 58.5 Å². The first-order valence-electron chi connectivity index (χ1n) is 6.72. The van der Waals surface area contributed by atoms with E-state index in [0.29, 0.717) is 5.92 Å². The molecule has 17 heavy (non-hydrogen) atoms. The number of rotatable bonds is 4. The molecule has 0 aromatic carbocycles. The molecule has 2 unspecified atom stereocenters. The largest absolute Gasteiger partial charge is 0.310 e. The van der Waals surface area contributed by atoms with Crippen LogP contribution in [0.2, 0.25) is 0 Å². The predicted octanol–water partition coefficient (Wildman–Crippen LogP) is 2.47. The molecule has 0 radical (unpaired) electrons. The SMILES string of the molecule is Cc1nc(C2CC2C)nc(C)c1CNC1CC1. The molecule has 2 atom stereocenters. The van der Waals surface area contributed by atoms with Crippen LogP contribution in [-0.4, -0.2) is 16.0 Å². The van der Waals surface area contributed by atoms with Crippen molar-refractivity contribution in [1.29, 1.82) is 0 Å². The maximum absolute atomic E-state index is 4.69. The van der Waals surface area contributed by atoms with Crippen LogP contribution in [0.5, 0.6) is 0 Å². The van der Waals surface area contributed by atoms with Gasteiger partial charge in [0.05, 0.1) is 0 Å². The molecule has 1 aromatic rings. The van der Waals surface area contributed by atoms with Crippen LogP contribution in [0.25, 0.3) is 0 Å². The standard InChI is InChI=1S/C14H21N3/c1-8-6-12(8)14-16-9(2)13(10(3)17-14)7-15-11-4-5-11/h8,11-12,15H,4-7H2,1-3H3. The van der Waals surface area contributed by atoms with Crippen molar-refractivity contribution in [1.82, 2.24) is 15.3 Å². The fourth-order valence-electron chi connectivity index (χ4n) is 2.40. The average molecular weight is 231 g/mol. The number of aromatic nitrogens is 2. The van der Waals surface area contributed by atoms with Gasteiger partial charge in [0.15, 0.2) is 0 Å². The van der Waals surface area contributed by atoms with Crippen molar-refractivity contribution < 1.29 is 0 Å². The lowest BCUT2D eigenvalue weighted by molar-refractivity contribution is 0.670. The fourth-order valence-corrected chi connectivity index (χ4v) is 2.40. The number of nitrogens with zero attached hydrogens (tertiary/aromatic N) is 2. The Labute approximate surface area is 103 Å². The second kappa shape index (κ2) is 4.05. The molecule has 0 saturated heterocycles. The van der Waals surface area contributed by atoms with Crippen LogP contribution < -0.4 is 5.32 Å². The molecule has 92 valence electrons. The molecular weight excluding hydrogens is 210 g/mol. The average Bonchev–Trinajstić information content (AvgIpc) is 3.13. The second-order valence-electron chi connectivity index (χ2n) is 5.71. The molecular formula is C14H21N3. The highest BCUT2D eigenvalue weighted by Gasteiger charge is 2.37. The molecule has 1 aromatic heterocycles. The van der Waals surface area contributed by atoms with Crippen molar-refractivity contribution in [2.75, 3.05) is 0 Å². The Kier molecular flexibility index (Phi) is 2.66. The second-order valence-corrected chi connectivity index (χ2v) is 5.71. The van der Waals surface area contributed by atoms with E-state index in [1.165, 1.54) is 36.2 Å². The van der Waals surface area contributed by atoms with E-state index in [1.54, 1.807) is 0 Å². The summed E-state index contributed by atoms with van der Waals surface area (Å²) < 4.78 is 0. The summed E-state index contributed by atoms with van der Waals surface area (Å²) in [6.07, 6.45) is 3.92. The number of hydrogen-bond donors (Lipinski definition) is 1.